The maximum atomic E-state index is 13.2. The van der Waals surface area contributed by atoms with Crippen molar-refractivity contribution in [3.63, 3.8) is 0 Å². The number of carbonyl (C=O) groups is 3. The first-order chi connectivity index (χ1) is 14.5. The Morgan fingerprint density at radius 1 is 1.26 bits per heavy atom. The first-order valence-electron chi connectivity index (χ1n) is 9.89. The Labute approximate surface area is 196 Å². The molecular formula is C23H25NO4S3. The van der Waals surface area contributed by atoms with Gasteiger partial charge in [-0.2, -0.15) is 0 Å². The van der Waals surface area contributed by atoms with Crippen molar-refractivity contribution in [3.8, 4) is 0 Å². The van der Waals surface area contributed by atoms with Crippen LogP contribution < -0.4 is 4.90 Å². The first-order valence-corrected chi connectivity index (χ1v) is 11.9. The second-order valence-electron chi connectivity index (χ2n) is 8.41. The molecule has 0 spiro atoms. The van der Waals surface area contributed by atoms with Gasteiger partial charge in [-0.3, -0.25) is 9.59 Å². The highest BCUT2D eigenvalue weighted by Gasteiger charge is 2.45. The molecule has 1 aromatic rings. The predicted molar refractivity (Wildman–Crippen MR) is 132 cm³/mol. The summed E-state index contributed by atoms with van der Waals surface area (Å²) in [6.45, 7) is 9.90. The van der Waals surface area contributed by atoms with E-state index >= 15 is 0 Å². The zero-order valence-electron chi connectivity index (χ0n) is 18.4. The monoisotopic (exact) mass is 475 g/mol. The molecule has 31 heavy (non-hydrogen) atoms. The lowest BCUT2D eigenvalue weighted by Crippen LogP contribution is -2.56. The summed E-state index contributed by atoms with van der Waals surface area (Å²) in [4.78, 5) is 40.0. The van der Waals surface area contributed by atoms with E-state index in [1.165, 1.54) is 30.6 Å². The van der Waals surface area contributed by atoms with Crippen LogP contribution in [0, 0.1) is 12.8 Å². The molecule has 0 aromatic heterocycles. The summed E-state index contributed by atoms with van der Waals surface area (Å²) in [5.74, 6) is -0.312. The maximum Gasteiger partial charge on any atom is 0.346 e. The molecule has 0 atom stereocenters. The van der Waals surface area contributed by atoms with Gasteiger partial charge in [0.25, 0.3) is 0 Å². The van der Waals surface area contributed by atoms with Crippen LogP contribution in [0.5, 0.6) is 0 Å². The summed E-state index contributed by atoms with van der Waals surface area (Å²) >= 11 is 8.36. The molecule has 0 unspecified atom stereocenters. The molecule has 0 N–H and O–H groups in total. The number of benzene rings is 1. The molecule has 0 saturated carbocycles. The number of ether oxygens (including phenoxy) is 1. The number of rotatable bonds is 4. The highest BCUT2D eigenvalue weighted by molar-refractivity contribution is 8.29. The molecule has 5 nitrogen and oxygen atoms in total. The number of aldehydes is 1. The van der Waals surface area contributed by atoms with Crippen LogP contribution in [0.3, 0.4) is 0 Å². The topological polar surface area (TPSA) is 63.7 Å². The molecular weight excluding hydrogens is 450 g/mol. The number of thioether (sulfide) groups is 2. The lowest BCUT2D eigenvalue weighted by Gasteiger charge is -2.45. The normalized spacial score (nSPS) is 20.2. The van der Waals surface area contributed by atoms with Crippen molar-refractivity contribution in [1.29, 1.82) is 0 Å². The van der Waals surface area contributed by atoms with Crippen LogP contribution in [-0.2, 0) is 19.1 Å². The summed E-state index contributed by atoms with van der Waals surface area (Å²) in [6, 6.07) is 5.93. The average Bonchev–Trinajstić information content (AvgIpc) is 3.11. The number of anilines is 1. The highest BCUT2D eigenvalue weighted by Crippen LogP contribution is 2.55. The number of esters is 1. The SMILES string of the molecule is COC(=O)C1=C(C=O)S/C(=C2\C(=S)C(C)(C)N(C(=O)CC(C)C)c3ccc(C)cc32)S1. The van der Waals surface area contributed by atoms with Gasteiger partial charge in [0.2, 0.25) is 5.91 Å². The zero-order chi connectivity index (χ0) is 23.1. The van der Waals surface area contributed by atoms with Crippen LogP contribution in [-0.4, -0.2) is 35.7 Å². The second-order valence-corrected chi connectivity index (χ2v) is 11.1. The minimum Gasteiger partial charge on any atom is -0.465 e. The predicted octanol–water partition coefficient (Wildman–Crippen LogP) is 5.27. The summed E-state index contributed by atoms with van der Waals surface area (Å²) in [6.07, 6.45) is 1.09. The number of hydrogen-bond donors (Lipinski definition) is 0. The number of fused-ring (bicyclic) bond motifs is 1. The first kappa shape index (κ1) is 23.8. The van der Waals surface area contributed by atoms with Crippen molar-refractivity contribution in [1.82, 2.24) is 0 Å². The molecule has 3 rings (SSSR count). The third kappa shape index (κ3) is 4.25. The van der Waals surface area contributed by atoms with E-state index in [9.17, 15) is 14.4 Å². The van der Waals surface area contributed by atoms with Crippen molar-refractivity contribution in [2.75, 3.05) is 12.0 Å². The quantitative estimate of drug-likeness (QED) is 0.254. The van der Waals surface area contributed by atoms with E-state index in [0.717, 1.165) is 26.6 Å². The van der Waals surface area contributed by atoms with E-state index < -0.39 is 11.5 Å². The maximum absolute atomic E-state index is 13.2. The molecule has 1 amide bonds. The summed E-state index contributed by atoms with van der Waals surface area (Å²) < 4.78 is 5.60. The Balaban J connectivity index is 2.22. The number of carbonyl (C=O) groups excluding carboxylic acids is 3. The molecule has 2 aliphatic heterocycles. The molecule has 2 heterocycles. The lowest BCUT2D eigenvalue weighted by atomic mass is 9.82. The highest BCUT2D eigenvalue weighted by atomic mass is 32.2. The molecule has 0 aliphatic carbocycles. The number of methoxy groups -OCH3 is 1. The number of aryl methyl sites for hydroxylation is 1. The number of thiocarbonyl (C=S) groups is 1. The molecule has 0 fully saturated rings. The van der Waals surface area contributed by atoms with Crippen LogP contribution in [0.4, 0.5) is 5.69 Å². The fourth-order valence-corrected chi connectivity index (χ4v) is 6.61. The number of amides is 1. The van der Waals surface area contributed by atoms with Crippen LogP contribution in [0.1, 0.15) is 45.2 Å². The van der Waals surface area contributed by atoms with E-state index in [0.29, 0.717) is 22.5 Å². The number of allylic oxidation sites excluding steroid dienone is 1. The molecule has 0 radical (unpaired) electrons. The van der Waals surface area contributed by atoms with E-state index in [-0.39, 0.29) is 16.7 Å². The van der Waals surface area contributed by atoms with Gasteiger partial charge >= 0.3 is 5.97 Å². The van der Waals surface area contributed by atoms with Crippen molar-refractivity contribution in [2.45, 2.75) is 46.6 Å². The summed E-state index contributed by atoms with van der Waals surface area (Å²) in [5.41, 5.74) is 2.70. The molecule has 164 valence electrons. The minimum absolute atomic E-state index is 0.0187. The van der Waals surface area contributed by atoms with Crippen LogP contribution in [0.15, 0.2) is 32.2 Å². The van der Waals surface area contributed by atoms with Gasteiger partial charge in [0.1, 0.15) is 4.91 Å². The average molecular weight is 476 g/mol. The Morgan fingerprint density at radius 2 is 1.94 bits per heavy atom. The Bertz CT molecular complexity index is 1050. The largest absolute Gasteiger partial charge is 0.465 e. The molecule has 8 heteroatoms. The summed E-state index contributed by atoms with van der Waals surface area (Å²) in [7, 11) is 1.29. The fourth-order valence-electron chi connectivity index (χ4n) is 3.69. The van der Waals surface area contributed by atoms with Crippen molar-refractivity contribution < 1.29 is 19.1 Å². The van der Waals surface area contributed by atoms with Gasteiger partial charge < -0.3 is 9.64 Å². The van der Waals surface area contributed by atoms with Gasteiger partial charge in [-0.05, 0) is 38.8 Å². The third-order valence-corrected chi connectivity index (χ3v) is 8.36. The molecule has 0 saturated heterocycles. The van der Waals surface area contributed by atoms with Gasteiger partial charge in [0, 0.05) is 17.6 Å². The van der Waals surface area contributed by atoms with Gasteiger partial charge in [-0.15, -0.1) is 0 Å². The van der Waals surface area contributed by atoms with Crippen LogP contribution >= 0.6 is 35.7 Å². The van der Waals surface area contributed by atoms with E-state index in [1.54, 1.807) is 4.90 Å². The standard InChI is InChI=1S/C23H25NO4S3/c1-12(2)9-17(26)24-15-8-7-13(3)10-14(15)18(20(29)23(24,4)5)22-30-16(11-25)19(31-22)21(27)28-6/h7-8,10-12H,9H2,1-6H3/b22-18+. The summed E-state index contributed by atoms with van der Waals surface area (Å²) in [5, 5.41) is 0. The van der Waals surface area contributed by atoms with Crippen molar-refractivity contribution >= 4 is 70.0 Å². The Kier molecular flexibility index (Phi) is 6.84. The second kappa shape index (κ2) is 8.92. The number of hydrogen-bond acceptors (Lipinski definition) is 7. The number of nitrogens with zero attached hydrogens (tertiary/aromatic N) is 1. The van der Waals surface area contributed by atoms with Gasteiger partial charge in [0.15, 0.2) is 6.29 Å². The smallest absolute Gasteiger partial charge is 0.346 e. The third-order valence-electron chi connectivity index (χ3n) is 5.14. The van der Waals surface area contributed by atoms with E-state index in [2.05, 4.69) is 0 Å². The fraction of sp³-hybridized carbons (Fsp3) is 0.391. The van der Waals surface area contributed by atoms with Gasteiger partial charge in [-0.25, -0.2) is 4.79 Å². The van der Waals surface area contributed by atoms with Crippen LogP contribution in [0.2, 0.25) is 0 Å². The van der Waals surface area contributed by atoms with Crippen LogP contribution in [0.25, 0.3) is 5.57 Å². The van der Waals surface area contributed by atoms with Crippen molar-refractivity contribution in [2.24, 2.45) is 5.92 Å². The van der Waals surface area contributed by atoms with Gasteiger partial charge in [0.05, 0.1) is 32.3 Å². The van der Waals surface area contributed by atoms with Gasteiger partial charge in [-0.1, -0.05) is 61.2 Å². The van der Waals surface area contributed by atoms with E-state index in [1.807, 2.05) is 52.8 Å². The Hall–Kier alpha value is -1.90. The Morgan fingerprint density at radius 3 is 2.52 bits per heavy atom. The van der Waals surface area contributed by atoms with Crippen molar-refractivity contribution in [3.05, 3.63) is 43.4 Å². The minimum atomic E-state index is -0.748. The zero-order valence-corrected chi connectivity index (χ0v) is 20.8. The molecule has 1 aromatic carbocycles. The van der Waals surface area contributed by atoms with E-state index in [4.69, 9.17) is 17.0 Å². The molecule has 0 bridgehead atoms. The lowest BCUT2D eigenvalue weighted by molar-refractivity contribution is -0.135. The molecule has 2 aliphatic rings.